The number of nitrogens with zero attached hydrogens (tertiary/aromatic N) is 2. The average Bonchev–Trinajstić information content (AvgIpc) is 2.38. The molecule has 0 unspecified atom stereocenters. The largest absolute Gasteiger partial charge is 0.237 e. The van der Waals surface area contributed by atoms with Crippen LogP contribution in [0.2, 0.25) is 0 Å². The first kappa shape index (κ1) is 10.6. The van der Waals surface area contributed by atoms with E-state index in [0.29, 0.717) is 0 Å². The predicted octanol–water partition coefficient (Wildman–Crippen LogP) is 3.21. The summed E-state index contributed by atoms with van der Waals surface area (Å²) in [6.45, 7) is 2.10. The zero-order chi connectivity index (χ0) is 11.2. The summed E-state index contributed by atoms with van der Waals surface area (Å²) in [4.78, 5) is 8.53. The molecule has 0 saturated carbocycles. The maximum Gasteiger partial charge on any atom is 0.151 e. The van der Waals surface area contributed by atoms with E-state index in [2.05, 4.69) is 29.0 Å². The minimum absolute atomic E-state index is 0.751. The minimum Gasteiger partial charge on any atom is -0.237 e. The van der Waals surface area contributed by atoms with Crippen molar-refractivity contribution in [2.45, 2.75) is 13.3 Å². The molecule has 0 N–H and O–H groups in total. The maximum atomic E-state index is 4.27. The summed E-state index contributed by atoms with van der Waals surface area (Å²) in [5.41, 5.74) is 2.32. The number of rotatable bonds is 3. The fraction of sp³-hybridized carbons (Fsp3) is 0.143. The standard InChI is InChI=1S/C14H14N2/c1-2-12-10-15-14(16-11-12)9-8-13-6-4-3-5-7-13/h3-11H,2H2,1H3. The third-order valence-corrected chi connectivity index (χ3v) is 2.36. The molecule has 2 nitrogen and oxygen atoms in total. The van der Waals surface area contributed by atoms with Crippen molar-refractivity contribution in [1.29, 1.82) is 0 Å². The van der Waals surface area contributed by atoms with Crippen molar-refractivity contribution in [2.75, 3.05) is 0 Å². The van der Waals surface area contributed by atoms with Gasteiger partial charge in [-0.3, -0.25) is 0 Å². The van der Waals surface area contributed by atoms with Crippen LogP contribution in [0.1, 0.15) is 23.9 Å². The molecule has 80 valence electrons. The number of hydrogen-bond donors (Lipinski definition) is 0. The van der Waals surface area contributed by atoms with Gasteiger partial charge in [0.05, 0.1) is 0 Å². The van der Waals surface area contributed by atoms with Gasteiger partial charge in [-0.2, -0.15) is 0 Å². The Kier molecular flexibility index (Phi) is 3.44. The summed E-state index contributed by atoms with van der Waals surface area (Å²) in [7, 11) is 0. The van der Waals surface area contributed by atoms with Crippen LogP contribution in [0, 0.1) is 0 Å². The molecule has 16 heavy (non-hydrogen) atoms. The molecule has 0 aliphatic carbocycles. The van der Waals surface area contributed by atoms with Gasteiger partial charge in [0, 0.05) is 12.4 Å². The molecule has 0 aliphatic rings. The van der Waals surface area contributed by atoms with E-state index in [1.165, 1.54) is 0 Å². The van der Waals surface area contributed by atoms with Crippen LogP contribution in [0.3, 0.4) is 0 Å². The molecule has 0 fully saturated rings. The van der Waals surface area contributed by atoms with E-state index in [9.17, 15) is 0 Å². The van der Waals surface area contributed by atoms with Gasteiger partial charge in [-0.05, 0) is 23.6 Å². The second-order valence-corrected chi connectivity index (χ2v) is 3.55. The highest BCUT2D eigenvalue weighted by atomic mass is 14.8. The molecule has 1 heterocycles. The van der Waals surface area contributed by atoms with Crippen molar-refractivity contribution in [1.82, 2.24) is 9.97 Å². The van der Waals surface area contributed by atoms with Crippen LogP contribution in [0.4, 0.5) is 0 Å². The van der Waals surface area contributed by atoms with Gasteiger partial charge in [0.1, 0.15) is 0 Å². The third kappa shape index (κ3) is 2.76. The normalized spacial score (nSPS) is 10.8. The number of hydrogen-bond acceptors (Lipinski definition) is 2. The van der Waals surface area contributed by atoms with Gasteiger partial charge in [0.15, 0.2) is 5.82 Å². The molecule has 2 rings (SSSR count). The fourth-order valence-corrected chi connectivity index (χ4v) is 1.37. The Balaban J connectivity index is 2.12. The van der Waals surface area contributed by atoms with Crippen molar-refractivity contribution in [3.8, 4) is 0 Å². The Bertz CT molecular complexity index is 458. The van der Waals surface area contributed by atoms with E-state index in [4.69, 9.17) is 0 Å². The molecule has 2 heteroatoms. The molecule has 0 aliphatic heterocycles. The summed E-state index contributed by atoms with van der Waals surface area (Å²) < 4.78 is 0. The van der Waals surface area contributed by atoms with Crippen molar-refractivity contribution in [3.05, 3.63) is 59.7 Å². The van der Waals surface area contributed by atoms with Crippen LogP contribution in [-0.4, -0.2) is 9.97 Å². The highest BCUT2D eigenvalue weighted by Gasteiger charge is 1.92. The van der Waals surface area contributed by atoms with Crippen LogP contribution in [0.25, 0.3) is 12.2 Å². The van der Waals surface area contributed by atoms with E-state index in [0.717, 1.165) is 23.4 Å². The van der Waals surface area contributed by atoms with Crippen LogP contribution in [0.15, 0.2) is 42.7 Å². The number of aromatic nitrogens is 2. The zero-order valence-electron chi connectivity index (χ0n) is 9.30. The summed E-state index contributed by atoms with van der Waals surface area (Å²) in [5, 5.41) is 0. The van der Waals surface area contributed by atoms with E-state index in [1.807, 2.05) is 42.7 Å². The molecule has 0 amide bonds. The maximum absolute atomic E-state index is 4.27. The first-order valence-electron chi connectivity index (χ1n) is 5.42. The quantitative estimate of drug-likeness (QED) is 0.777. The van der Waals surface area contributed by atoms with E-state index in [-0.39, 0.29) is 0 Å². The zero-order valence-corrected chi connectivity index (χ0v) is 9.30. The highest BCUT2D eigenvalue weighted by molar-refractivity contribution is 5.66. The van der Waals surface area contributed by atoms with Gasteiger partial charge < -0.3 is 0 Å². The summed E-state index contributed by atoms with van der Waals surface area (Å²) >= 11 is 0. The van der Waals surface area contributed by atoms with Crippen LogP contribution in [0.5, 0.6) is 0 Å². The summed E-state index contributed by atoms with van der Waals surface area (Å²) in [6.07, 6.45) is 8.66. The van der Waals surface area contributed by atoms with Gasteiger partial charge >= 0.3 is 0 Å². The van der Waals surface area contributed by atoms with Gasteiger partial charge in [-0.25, -0.2) is 9.97 Å². The molecular weight excluding hydrogens is 196 g/mol. The van der Waals surface area contributed by atoms with Crippen LogP contribution < -0.4 is 0 Å². The Labute approximate surface area is 95.7 Å². The first-order valence-corrected chi connectivity index (χ1v) is 5.42. The molecule has 0 bridgehead atoms. The van der Waals surface area contributed by atoms with Gasteiger partial charge in [0.25, 0.3) is 0 Å². The minimum atomic E-state index is 0.751. The Morgan fingerprint density at radius 1 is 1.00 bits per heavy atom. The van der Waals surface area contributed by atoms with Crippen molar-refractivity contribution in [2.24, 2.45) is 0 Å². The van der Waals surface area contributed by atoms with Crippen LogP contribution >= 0.6 is 0 Å². The lowest BCUT2D eigenvalue weighted by molar-refractivity contribution is 1.03. The Hall–Kier alpha value is -1.96. The topological polar surface area (TPSA) is 25.8 Å². The molecule has 0 radical (unpaired) electrons. The Morgan fingerprint density at radius 3 is 2.31 bits per heavy atom. The second-order valence-electron chi connectivity index (χ2n) is 3.55. The van der Waals surface area contributed by atoms with E-state index < -0.39 is 0 Å². The van der Waals surface area contributed by atoms with Crippen molar-refractivity contribution < 1.29 is 0 Å². The van der Waals surface area contributed by atoms with Crippen molar-refractivity contribution >= 4 is 12.2 Å². The van der Waals surface area contributed by atoms with Gasteiger partial charge in [-0.1, -0.05) is 43.3 Å². The SMILES string of the molecule is CCc1cnc(C=Cc2ccccc2)nc1. The first-order chi connectivity index (χ1) is 7.88. The van der Waals surface area contributed by atoms with Crippen LogP contribution in [-0.2, 0) is 6.42 Å². The molecular formula is C14H14N2. The van der Waals surface area contributed by atoms with E-state index >= 15 is 0 Å². The number of aryl methyl sites for hydroxylation is 1. The average molecular weight is 210 g/mol. The lowest BCUT2D eigenvalue weighted by atomic mass is 10.2. The third-order valence-electron chi connectivity index (χ3n) is 2.36. The fourth-order valence-electron chi connectivity index (χ4n) is 1.37. The highest BCUT2D eigenvalue weighted by Crippen LogP contribution is 2.04. The van der Waals surface area contributed by atoms with Crippen molar-refractivity contribution in [3.63, 3.8) is 0 Å². The molecule has 1 aromatic heterocycles. The lowest BCUT2D eigenvalue weighted by Gasteiger charge is -1.95. The number of benzene rings is 1. The molecule has 0 spiro atoms. The predicted molar refractivity (Wildman–Crippen MR) is 66.8 cm³/mol. The lowest BCUT2D eigenvalue weighted by Crippen LogP contribution is -1.89. The second kappa shape index (κ2) is 5.21. The van der Waals surface area contributed by atoms with E-state index in [1.54, 1.807) is 0 Å². The smallest absolute Gasteiger partial charge is 0.151 e. The monoisotopic (exact) mass is 210 g/mol. The van der Waals surface area contributed by atoms with Gasteiger partial charge in [-0.15, -0.1) is 0 Å². The molecule has 0 saturated heterocycles. The molecule has 1 aromatic carbocycles. The Morgan fingerprint density at radius 2 is 1.69 bits per heavy atom. The molecule has 0 atom stereocenters. The summed E-state index contributed by atoms with van der Waals surface area (Å²) in [6, 6.07) is 10.1. The summed E-state index contributed by atoms with van der Waals surface area (Å²) in [5.74, 6) is 0.751. The van der Waals surface area contributed by atoms with Gasteiger partial charge in [0.2, 0.25) is 0 Å². The molecule has 2 aromatic rings.